The first-order chi connectivity index (χ1) is 40.7. The minimum absolute atomic E-state index is 0.00379. The first-order valence-electron chi connectivity index (χ1n) is 29.2. The van der Waals surface area contributed by atoms with Gasteiger partial charge in [-0.1, -0.05) is 59.2 Å². The molecule has 4 rings (SSSR count). The van der Waals surface area contributed by atoms with Crippen molar-refractivity contribution in [3.63, 3.8) is 0 Å². The molecule has 5 unspecified atom stereocenters. The van der Waals surface area contributed by atoms with Crippen molar-refractivity contribution < 1.29 is 80.1 Å². The molecule has 0 saturated carbocycles. The molecule has 0 aromatic heterocycles. The monoisotopic (exact) mass is 1240 g/mol. The molecule has 3 aliphatic rings. The molecule has 0 radical (unpaired) electrons. The molecule has 2 fully saturated rings. The molecule has 27 nitrogen and oxygen atoms in total. The Bertz CT molecular complexity index is 2160. The van der Waals surface area contributed by atoms with Crippen LogP contribution in [0.2, 0.25) is 0 Å². The molecule has 0 spiro atoms. The van der Waals surface area contributed by atoms with Gasteiger partial charge in [0.1, 0.15) is 32.2 Å². The normalized spacial score (nSPS) is 16.5. The summed E-state index contributed by atoms with van der Waals surface area (Å²) >= 11 is -2.67. The highest BCUT2D eigenvalue weighted by Crippen LogP contribution is 2.30. The number of anilines is 1. The Morgan fingerprint density at radius 1 is 0.907 bits per heavy atom. The smallest absolute Gasteiger partial charge is 0.480 e. The molecule has 5 atom stereocenters. The number of aliphatic carboxylic acids is 2. The lowest BCUT2D eigenvalue weighted by Gasteiger charge is -2.35. The van der Waals surface area contributed by atoms with Crippen molar-refractivity contribution in [3.8, 4) is 0 Å². The number of aliphatic hydroxyl groups is 1. The summed E-state index contributed by atoms with van der Waals surface area (Å²) in [6.07, 6.45) is 6.59. The summed E-state index contributed by atoms with van der Waals surface area (Å²) in [5.74, 6) is -3.42. The van der Waals surface area contributed by atoms with Crippen LogP contribution in [-0.4, -0.2) is 258 Å². The van der Waals surface area contributed by atoms with Gasteiger partial charge in [0.2, 0.25) is 42.2 Å². The van der Waals surface area contributed by atoms with Crippen molar-refractivity contribution in [1.82, 2.24) is 45.8 Å². The number of fused-ring (bicyclic) bond motifs is 1. The molecule has 0 aliphatic carbocycles. The molecular formula is C57H101AlFN11O16. The molecule has 86 heavy (non-hydrogen) atoms. The molecule has 490 valence electrons. The fourth-order valence-corrected chi connectivity index (χ4v) is 9.55. The van der Waals surface area contributed by atoms with E-state index in [4.69, 9.17) is 24.5 Å². The van der Waals surface area contributed by atoms with Crippen LogP contribution in [0.5, 0.6) is 0 Å². The second-order valence-corrected chi connectivity index (χ2v) is 22.9. The SMILES string of the molecule is C=O.CCC(C)CC(=O)NC(C)CCc1cccc2c1NC(C)C2.CCN(CC)CC(=O)O.CCN(CC1CCN(CC(=O)N(CC(=O)O)CC(=O)NCCC(=O)NCCC(N)=O)CC1)[CH2][Al]([F])[O]C.CN(C)CC=O.O=CNC1CC(=O)OC1O. The molecule has 3 aliphatic heterocycles. The van der Waals surface area contributed by atoms with Crippen LogP contribution in [0.25, 0.3) is 0 Å². The first kappa shape index (κ1) is 81.9. The first-order valence-corrected chi connectivity index (χ1v) is 30.9. The highest BCUT2D eigenvalue weighted by Gasteiger charge is 2.33. The van der Waals surface area contributed by atoms with E-state index in [1.807, 2.05) is 56.4 Å². The number of rotatable bonds is 33. The van der Waals surface area contributed by atoms with Gasteiger partial charge in [-0.3, -0.25) is 53.0 Å². The summed E-state index contributed by atoms with van der Waals surface area (Å²) in [6, 6.07) is 6.75. The van der Waals surface area contributed by atoms with E-state index in [0.717, 1.165) is 75.9 Å². The predicted molar refractivity (Wildman–Crippen MR) is 324 cm³/mol. The number of ether oxygens (including phenoxy) is 1. The minimum Gasteiger partial charge on any atom is -0.480 e. The average molecular weight is 1240 g/mol. The number of aldehydes is 1. The van der Waals surface area contributed by atoms with Crippen molar-refractivity contribution in [3.05, 3.63) is 29.3 Å². The Morgan fingerprint density at radius 2 is 1.51 bits per heavy atom. The third kappa shape index (κ3) is 40.2. The summed E-state index contributed by atoms with van der Waals surface area (Å²) in [5.41, 5.74) is 9.13. The van der Waals surface area contributed by atoms with Crippen molar-refractivity contribution in [1.29, 1.82) is 0 Å². The number of hydrogen-bond donors (Lipinski definition) is 9. The summed E-state index contributed by atoms with van der Waals surface area (Å²) in [7, 11) is 5.11. The van der Waals surface area contributed by atoms with E-state index >= 15 is 0 Å². The maximum atomic E-state index is 13.7. The zero-order valence-corrected chi connectivity index (χ0v) is 53.6. The number of hydrogen-bond acceptors (Lipinski definition) is 19. The number of likely N-dealkylation sites (N-methyl/N-ethyl adjacent to an activating group) is 2. The molecule has 1 aromatic rings. The number of likely N-dealkylation sites (tertiary alicyclic amines) is 1. The number of halogens is 1. The lowest BCUT2D eigenvalue weighted by Crippen LogP contribution is -2.49. The lowest BCUT2D eigenvalue weighted by atomic mass is 9.96. The summed E-state index contributed by atoms with van der Waals surface area (Å²) < 4.78 is 22.8. The van der Waals surface area contributed by atoms with E-state index in [0.29, 0.717) is 55.7 Å². The second kappa shape index (κ2) is 48.9. The lowest BCUT2D eigenvalue weighted by molar-refractivity contribution is -0.155. The quantitative estimate of drug-likeness (QED) is 0.0260. The van der Waals surface area contributed by atoms with Gasteiger partial charge in [-0.25, -0.2) is 0 Å². The van der Waals surface area contributed by atoms with Crippen LogP contribution in [0.1, 0.15) is 111 Å². The number of carboxylic acid groups (broad SMARTS) is 2. The number of piperidine rings is 1. The van der Waals surface area contributed by atoms with E-state index in [1.54, 1.807) is 0 Å². The highest BCUT2D eigenvalue weighted by atomic mass is 27.3. The van der Waals surface area contributed by atoms with Gasteiger partial charge in [-0.05, 0) is 122 Å². The van der Waals surface area contributed by atoms with Gasteiger partial charge in [-0.15, -0.1) is 0 Å². The van der Waals surface area contributed by atoms with E-state index < -0.39 is 76.0 Å². The van der Waals surface area contributed by atoms with E-state index in [1.165, 1.54) is 23.9 Å². The number of aryl methyl sites for hydroxylation is 1. The van der Waals surface area contributed by atoms with Gasteiger partial charge >= 0.3 is 32.8 Å². The van der Waals surface area contributed by atoms with Crippen LogP contribution in [-0.2, 0) is 74.1 Å². The Labute approximate surface area is 512 Å². The number of amides is 6. The number of carbonyl (C=O) groups is 11. The number of carboxylic acids is 2. The number of para-hydroxylation sites is 1. The third-order valence-corrected chi connectivity index (χ3v) is 15.0. The van der Waals surface area contributed by atoms with E-state index in [-0.39, 0.29) is 63.3 Å². The number of esters is 1. The van der Waals surface area contributed by atoms with Crippen LogP contribution >= 0.6 is 0 Å². The fourth-order valence-electron chi connectivity index (χ4n) is 8.59. The summed E-state index contributed by atoms with van der Waals surface area (Å²) in [6.45, 7) is 20.6. The molecule has 1 aromatic carbocycles. The van der Waals surface area contributed by atoms with Gasteiger partial charge < -0.3 is 84.0 Å². The van der Waals surface area contributed by atoms with Crippen molar-refractivity contribution in [2.24, 2.45) is 17.6 Å². The maximum Gasteiger partial charge on any atom is 0.731 e. The number of primary amides is 1. The molecule has 6 amide bonds. The van der Waals surface area contributed by atoms with Gasteiger partial charge in [0, 0.05) is 62.6 Å². The van der Waals surface area contributed by atoms with Crippen molar-refractivity contribution >= 4 is 87.6 Å². The summed E-state index contributed by atoms with van der Waals surface area (Å²) in [4.78, 5) is 127. The molecule has 0 bridgehead atoms. The average Bonchev–Trinajstić information content (AvgIpc) is 4.25. The Kier molecular flexibility index (Phi) is 46.5. The molecule has 2 saturated heterocycles. The Balaban J connectivity index is 0. The van der Waals surface area contributed by atoms with Gasteiger partial charge in [0.25, 0.3) is 0 Å². The number of nitrogens with zero attached hydrogens (tertiary/aromatic N) is 5. The standard InChI is InChI=1S/C21H37N6O6.C19H30N2O.C6H13NO2.C5H7NO4.C4H9NO.CH3O.CH2O.Al.FH/c1-3-25(2)12-16-6-10-26(11-7-16)14-20(31)27(15-21(32)33)13-19(30)24-9-5-18(29)23-8-4-17(22)28;1-5-13(2)11-18(22)20-14(3)9-10-16-7-6-8-17-12-15(4)21-19(16)17;1-3-7(4-2)5-6(8)9;7-2-6-3-1-4(8)10-5(3)9;1-5(2)3-4-6;2*1-2;;/h16H,2-15H2,1H3,(H2,22,28)(H,23,29)(H,24,30)(H,32,33);6-8,13-15,21H,5,9-12H2,1-4H3,(H,20,22);3-5H2,1-2H3,(H,8,9);2-3,5,9H,1H2,(H,6,7);4H,3H2,1-2H3;1H3;1H2;;1H/q;;;;;-1;;+2;/p-1. The Morgan fingerprint density at radius 3 is 2.00 bits per heavy atom. The van der Waals surface area contributed by atoms with Gasteiger partial charge in [-0.2, -0.15) is 0 Å². The minimum atomic E-state index is -2.67. The zero-order chi connectivity index (χ0) is 65.7. The third-order valence-electron chi connectivity index (χ3n) is 13.7. The van der Waals surface area contributed by atoms with Crippen LogP contribution < -0.4 is 32.3 Å². The van der Waals surface area contributed by atoms with Crippen molar-refractivity contribution in [2.75, 3.05) is 117 Å². The number of carbonyl (C=O) groups excluding carboxylic acids is 9. The Hall–Kier alpha value is -6.19. The van der Waals surface area contributed by atoms with Crippen LogP contribution in [0.15, 0.2) is 18.2 Å². The number of cyclic esters (lactones) is 1. The molecule has 3 heterocycles. The molecular weight excluding hydrogens is 1140 g/mol. The fraction of sp³-hybridized carbons (Fsp3) is 0.702. The number of nitrogens with one attached hydrogen (secondary N) is 5. The van der Waals surface area contributed by atoms with Gasteiger partial charge in [0.15, 0.2) is 0 Å². The van der Waals surface area contributed by atoms with Crippen LogP contribution in [0.4, 0.5) is 9.21 Å². The largest absolute Gasteiger partial charge is 0.731 e. The number of benzene rings is 1. The van der Waals surface area contributed by atoms with Crippen LogP contribution in [0, 0.1) is 11.8 Å². The summed E-state index contributed by atoms with van der Waals surface area (Å²) in [5, 5.41) is 40.6. The van der Waals surface area contributed by atoms with E-state index in [9.17, 15) is 56.6 Å². The second-order valence-electron chi connectivity index (χ2n) is 21.2. The molecule has 10 N–H and O–H groups in total. The van der Waals surface area contributed by atoms with Crippen molar-refractivity contribution in [2.45, 2.75) is 137 Å². The topological polar surface area (TPSA) is 369 Å². The maximum absolute atomic E-state index is 13.7. The van der Waals surface area contributed by atoms with Crippen LogP contribution in [0.3, 0.4) is 0 Å². The number of nitrogens with two attached hydrogens (primary N) is 1. The predicted octanol–water partition coefficient (Wildman–Crippen LogP) is 0.332. The van der Waals surface area contributed by atoms with Gasteiger partial charge in [0.05, 0.1) is 26.1 Å². The van der Waals surface area contributed by atoms with E-state index in [2.05, 4.69) is 82.1 Å². The zero-order valence-electron chi connectivity index (χ0n) is 52.4. The molecule has 29 heteroatoms. The highest BCUT2D eigenvalue weighted by molar-refractivity contribution is 6.43. The number of aliphatic hydroxyl groups excluding tert-OH is 1.